The third kappa shape index (κ3) is 4.31. The minimum absolute atomic E-state index is 0.00946. The van der Waals surface area contributed by atoms with Crippen molar-refractivity contribution >= 4 is 34.1 Å². The zero-order chi connectivity index (χ0) is 22.8. The van der Waals surface area contributed by atoms with Crippen LogP contribution in [0.15, 0.2) is 76.3 Å². The Morgan fingerprint density at radius 1 is 0.906 bits per heavy atom. The highest BCUT2D eigenvalue weighted by molar-refractivity contribution is 6.30. The summed E-state index contributed by atoms with van der Waals surface area (Å²) in [7, 11) is 0. The van der Waals surface area contributed by atoms with E-state index >= 15 is 0 Å². The van der Waals surface area contributed by atoms with Crippen LogP contribution in [0.2, 0.25) is 5.02 Å². The van der Waals surface area contributed by atoms with E-state index in [0.717, 1.165) is 16.7 Å². The molecule has 1 amide bonds. The summed E-state index contributed by atoms with van der Waals surface area (Å²) in [6.45, 7) is -0.441. The third-order valence-corrected chi connectivity index (χ3v) is 5.14. The minimum Gasteiger partial charge on any atom is -0.324 e. The van der Waals surface area contributed by atoms with Gasteiger partial charge >= 0.3 is 5.69 Å². The van der Waals surface area contributed by atoms with E-state index in [1.807, 2.05) is 0 Å². The second-order valence-electron chi connectivity index (χ2n) is 7.08. The predicted molar refractivity (Wildman–Crippen MR) is 118 cm³/mol. The van der Waals surface area contributed by atoms with Crippen LogP contribution in [0.1, 0.15) is 5.56 Å². The van der Waals surface area contributed by atoms with Crippen molar-refractivity contribution in [2.24, 2.45) is 0 Å². The van der Waals surface area contributed by atoms with Crippen molar-refractivity contribution in [3.63, 3.8) is 0 Å². The van der Waals surface area contributed by atoms with Gasteiger partial charge in [0.25, 0.3) is 5.56 Å². The molecule has 0 aliphatic heterocycles. The van der Waals surface area contributed by atoms with Crippen molar-refractivity contribution in [3.05, 3.63) is 110 Å². The average molecular weight is 456 g/mol. The van der Waals surface area contributed by atoms with Gasteiger partial charge in [-0.3, -0.25) is 18.7 Å². The largest absolute Gasteiger partial charge is 0.332 e. The summed E-state index contributed by atoms with van der Waals surface area (Å²) < 4.78 is 28.8. The highest BCUT2D eigenvalue weighted by atomic mass is 35.5. The Kier molecular flexibility index (Phi) is 5.87. The number of carbonyl (C=O) groups is 1. The molecule has 1 N–H and O–H groups in total. The van der Waals surface area contributed by atoms with Crippen LogP contribution in [0.5, 0.6) is 0 Å². The second-order valence-corrected chi connectivity index (χ2v) is 7.52. The van der Waals surface area contributed by atoms with Gasteiger partial charge in [0.1, 0.15) is 6.54 Å². The highest BCUT2D eigenvalue weighted by Gasteiger charge is 2.16. The number of rotatable bonds is 5. The zero-order valence-corrected chi connectivity index (χ0v) is 17.3. The summed E-state index contributed by atoms with van der Waals surface area (Å²) in [5.41, 5.74) is -0.153. The topological polar surface area (TPSA) is 73.1 Å². The number of carbonyl (C=O) groups excluding carboxylic acids is 1. The molecule has 0 atom stereocenters. The Labute approximate surface area is 185 Å². The lowest BCUT2D eigenvalue weighted by atomic mass is 10.2. The van der Waals surface area contributed by atoms with E-state index in [4.69, 9.17) is 11.6 Å². The first-order valence-electron chi connectivity index (χ1n) is 9.55. The van der Waals surface area contributed by atoms with Gasteiger partial charge in [0.05, 0.1) is 17.4 Å². The number of para-hydroxylation sites is 1. The number of anilines is 1. The maximum atomic E-state index is 13.4. The van der Waals surface area contributed by atoms with Crippen LogP contribution in [0.25, 0.3) is 10.9 Å². The van der Waals surface area contributed by atoms with Gasteiger partial charge in [-0.15, -0.1) is 0 Å². The van der Waals surface area contributed by atoms with Crippen molar-refractivity contribution in [1.82, 2.24) is 9.13 Å². The molecular formula is C23H16ClF2N3O3. The van der Waals surface area contributed by atoms with Gasteiger partial charge in [0, 0.05) is 16.8 Å². The summed E-state index contributed by atoms with van der Waals surface area (Å²) in [5, 5.41) is 3.22. The van der Waals surface area contributed by atoms with Crippen molar-refractivity contribution in [3.8, 4) is 0 Å². The fourth-order valence-corrected chi connectivity index (χ4v) is 3.48. The van der Waals surface area contributed by atoms with Gasteiger partial charge in [0.2, 0.25) is 5.91 Å². The van der Waals surface area contributed by atoms with Gasteiger partial charge in [-0.1, -0.05) is 35.9 Å². The molecule has 1 heterocycles. The average Bonchev–Trinajstić information content (AvgIpc) is 2.78. The van der Waals surface area contributed by atoms with Gasteiger partial charge in [-0.05, 0) is 42.0 Å². The second kappa shape index (κ2) is 8.76. The molecule has 6 nitrogen and oxygen atoms in total. The molecule has 9 heteroatoms. The molecule has 162 valence electrons. The zero-order valence-electron chi connectivity index (χ0n) is 16.5. The number of fused-ring (bicyclic) bond motifs is 1. The maximum Gasteiger partial charge on any atom is 0.332 e. The van der Waals surface area contributed by atoms with Crippen LogP contribution in [-0.4, -0.2) is 15.0 Å². The van der Waals surface area contributed by atoms with E-state index in [0.29, 0.717) is 10.6 Å². The summed E-state index contributed by atoms with van der Waals surface area (Å²) >= 11 is 5.90. The van der Waals surface area contributed by atoms with Gasteiger partial charge < -0.3 is 5.32 Å². The first-order chi connectivity index (χ1) is 15.3. The summed E-state index contributed by atoms with van der Waals surface area (Å²) in [4.78, 5) is 38.7. The number of hydrogen-bond donors (Lipinski definition) is 1. The molecule has 3 aromatic carbocycles. The van der Waals surface area contributed by atoms with E-state index in [-0.39, 0.29) is 23.1 Å². The number of amides is 1. The summed E-state index contributed by atoms with van der Waals surface area (Å²) in [6, 6.07) is 16.1. The first-order valence-corrected chi connectivity index (χ1v) is 9.93. The predicted octanol–water partition coefficient (Wildman–Crippen LogP) is 3.78. The van der Waals surface area contributed by atoms with Gasteiger partial charge in [-0.2, -0.15) is 0 Å². The van der Waals surface area contributed by atoms with Crippen LogP contribution in [0.3, 0.4) is 0 Å². The number of nitrogens with zero attached hydrogens (tertiary/aromatic N) is 2. The summed E-state index contributed by atoms with van der Waals surface area (Å²) in [5.74, 6) is -2.79. The lowest BCUT2D eigenvalue weighted by molar-refractivity contribution is -0.116. The fourth-order valence-electron chi connectivity index (χ4n) is 3.35. The monoisotopic (exact) mass is 455 g/mol. The molecule has 0 unspecified atom stereocenters. The molecule has 1 aromatic heterocycles. The lowest BCUT2D eigenvalue weighted by Gasteiger charge is -2.14. The Bertz CT molecular complexity index is 1450. The van der Waals surface area contributed by atoms with Gasteiger partial charge in [0.15, 0.2) is 11.6 Å². The molecule has 0 radical (unpaired) electrons. The van der Waals surface area contributed by atoms with Crippen molar-refractivity contribution < 1.29 is 13.6 Å². The maximum absolute atomic E-state index is 13.4. The Morgan fingerprint density at radius 3 is 2.34 bits per heavy atom. The molecule has 0 saturated heterocycles. The lowest BCUT2D eigenvalue weighted by Crippen LogP contribution is -2.42. The van der Waals surface area contributed by atoms with E-state index < -0.39 is 35.3 Å². The van der Waals surface area contributed by atoms with E-state index in [1.54, 1.807) is 48.5 Å². The quantitative estimate of drug-likeness (QED) is 0.497. The molecule has 0 aliphatic carbocycles. The molecule has 0 bridgehead atoms. The Morgan fingerprint density at radius 2 is 1.62 bits per heavy atom. The number of aromatic nitrogens is 2. The highest BCUT2D eigenvalue weighted by Crippen LogP contribution is 2.14. The van der Waals surface area contributed by atoms with Crippen LogP contribution in [-0.2, 0) is 17.9 Å². The molecule has 4 aromatic rings. The molecule has 0 saturated carbocycles. The summed E-state index contributed by atoms with van der Waals surface area (Å²) in [6.07, 6.45) is 0. The number of nitrogens with one attached hydrogen (secondary N) is 1. The molecular weight excluding hydrogens is 440 g/mol. The van der Waals surface area contributed by atoms with Crippen molar-refractivity contribution in [2.45, 2.75) is 13.1 Å². The number of benzene rings is 3. The first kappa shape index (κ1) is 21.5. The van der Waals surface area contributed by atoms with Gasteiger partial charge in [-0.25, -0.2) is 13.6 Å². The number of halogens is 3. The molecule has 32 heavy (non-hydrogen) atoms. The standard InChI is InChI=1S/C23H16ClF2N3O3/c24-15-7-5-14(6-8-15)12-29-22(31)17-3-1-2-4-20(17)28(23(29)32)13-21(30)27-16-9-10-18(25)19(26)11-16/h1-11H,12-13H2,(H,27,30). The van der Waals surface area contributed by atoms with Crippen molar-refractivity contribution in [2.75, 3.05) is 5.32 Å². The number of hydrogen-bond acceptors (Lipinski definition) is 3. The minimum atomic E-state index is -1.11. The molecule has 0 aliphatic rings. The van der Waals surface area contributed by atoms with Crippen LogP contribution in [0.4, 0.5) is 14.5 Å². The fraction of sp³-hybridized carbons (Fsp3) is 0.0870. The SMILES string of the molecule is O=C(Cn1c(=O)n(Cc2ccc(Cl)cc2)c(=O)c2ccccc21)Nc1ccc(F)c(F)c1. The smallest absolute Gasteiger partial charge is 0.324 e. The van der Waals surface area contributed by atoms with Crippen LogP contribution < -0.4 is 16.6 Å². The Hall–Kier alpha value is -3.78. The van der Waals surface area contributed by atoms with E-state index in [2.05, 4.69) is 5.32 Å². The molecule has 0 spiro atoms. The van der Waals surface area contributed by atoms with Crippen molar-refractivity contribution in [1.29, 1.82) is 0 Å². The molecule has 4 rings (SSSR count). The van der Waals surface area contributed by atoms with E-state index in [9.17, 15) is 23.2 Å². The normalized spacial score (nSPS) is 11.0. The van der Waals surface area contributed by atoms with E-state index in [1.165, 1.54) is 10.6 Å². The Balaban J connectivity index is 1.73. The third-order valence-electron chi connectivity index (χ3n) is 4.89. The molecule has 0 fully saturated rings. The van der Waals surface area contributed by atoms with Crippen LogP contribution in [0, 0.1) is 11.6 Å². The van der Waals surface area contributed by atoms with Crippen LogP contribution >= 0.6 is 11.6 Å².